The van der Waals surface area contributed by atoms with E-state index >= 15 is 0 Å². The van der Waals surface area contributed by atoms with Crippen molar-refractivity contribution in [2.75, 3.05) is 6.61 Å². The number of carbonyl (C=O) groups is 2. The van der Waals surface area contributed by atoms with Crippen molar-refractivity contribution >= 4 is 11.6 Å². The van der Waals surface area contributed by atoms with Crippen LogP contribution in [0, 0.1) is 34.0 Å². The summed E-state index contributed by atoms with van der Waals surface area (Å²) in [5.41, 5.74) is -0.0659. The second-order valence-corrected chi connectivity index (χ2v) is 10.7. The Labute approximate surface area is 184 Å². The van der Waals surface area contributed by atoms with Crippen LogP contribution in [0.4, 0.5) is 0 Å². The second-order valence-electron chi connectivity index (χ2n) is 10.7. The molecule has 0 radical (unpaired) electrons. The lowest BCUT2D eigenvalue weighted by atomic mass is 9.58. The fourth-order valence-corrected chi connectivity index (χ4v) is 5.63. The van der Waals surface area contributed by atoms with Crippen LogP contribution >= 0.6 is 0 Å². The minimum absolute atomic E-state index is 0.103. The van der Waals surface area contributed by atoms with Gasteiger partial charge in [0.25, 0.3) is 0 Å². The lowest BCUT2D eigenvalue weighted by Gasteiger charge is -2.46. The molecule has 2 N–H and O–H groups in total. The fraction of sp³-hybridized carbons (Fsp3) is 0.640. The van der Waals surface area contributed by atoms with E-state index in [0.717, 1.165) is 0 Å². The van der Waals surface area contributed by atoms with Crippen LogP contribution < -0.4 is 4.74 Å². The molecule has 168 valence electrons. The van der Waals surface area contributed by atoms with Crippen molar-refractivity contribution in [2.24, 2.45) is 22.7 Å². The Morgan fingerprint density at radius 2 is 1.48 bits per heavy atom. The van der Waals surface area contributed by atoms with Crippen LogP contribution in [-0.2, 0) is 9.59 Å². The van der Waals surface area contributed by atoms with Gasteiger partial charge in [0, 0.05) is 18.8 Å². The van der Waals surface area contributed by atoms with Crippen molar-refractivity contribution in [1.29, 1.82) is 5.26 Å². The normalized spacial score (nSPS) is 31.0. The molecule has 1 unspecified atom stereocenters. The summed E-state index contributed by atoms with van der Waals surface area (Å²) in [7, 11) is 0. The first-order valence-electron chi connectivity index (χ1n) is 11.0. The minimum atomic E-state index is -0.930. The van der Waals surface area contributed by atoms with Gasteiger partial charge in [-0.25, -0.2) is 0 Å². The van der Waals surface area contributed by atoms with Gasteiger partial charge in [0.1, 0.15) is 23.4 Å². The number of aliphatic hydroxyl groups is 2. The Morgan fingerprint density at radius 1 is 1.00 bits per heavy atom. The Morgan fingerprint density at radius 3 is 1.94 bits per heavy atom. The number of carbonyl (C=O) groups excluding carboxylic acids is 2. The third-order valence-corrected chi connectivity index (χ3v) is 6.75. The predicted octanol–water partition coefficient (Wildman–Crippen LogP) is 3.40. The quantitative estimate of drug-likeness (QED) is 0.746. The fourth-order valence-electron chi connectivity index (χ4n) is 5.63. The minimum Gasteiger partial charge on any atom is -0.478 e. The van der Waals surface area contributed by atoms with Crippen molar-refractivity contribution in [2.45, 2.75) is 71.5 Å². The molecule has 0 saturated heterocycles. The standard InChI is InChI=1S/C25H33NO5/c1-24(2)11-16(27)22(17(28)12-24)21(15-7-5-6-8-20(15)31-10-9-26)23-18(29)13-25(3,4)14-19(23)30/h5-8,16,18,21-23,27,29H,10-14H2,1-4H3/t16-,18-,21?,22-,23+/m0/s1. The molecule has 1 aromatic carbocycles. The third kappa shape index (κ3) is 4.99. The van der Waals surface area contributed by atoms with E-state index in [-0.39, 0.29) is 29.0 Å². The van der Waals surface area contributed by atoms with Gasteiger partial charge in [0.2, 0.25) is 0 Å². The summed E-state index contributed by atoms with van der Waals surface area (Å²) in [6, 6.07) is 8.97. The molecule has 31 heavy (non-hydrogen) atoms. The smallest absolute Gasteiger partial charge is 0.174 e. The van der Waals surface area contributed by atoms with E-state index < -0.39 is 30.0 Å². The van der Waals surface area contributed by atoms with E-state index in [9.17, 15) is 19.8 Å². The van der Waals surface area contributed by atoms with Gasteiger partial charge in [-0.05, 0) is 35.3 Å². The van der Waals surface area contributed by atoms with E-state index in [0.29, 0.717) is 37.0 Å². The van der Waals surface area contributed by atoms with Crippen molar-refractivity contribution < 1.29 is 24.5 Å². The molecule has 2 saturated carbocycles. The predicted molar refractivity (Wildman–Crippen MR) is 115 cm³/mol. The SMILES string of the molecule is CC1(C)CC(=O)[C@H](C(c2ccccc2OCC#N)[C@@H]2C(=O)CC(C)(C)C[C@@H]2O)[C@@H](O)C1. The van der Waals surface area contributed by atoms with E-state index in [1.54, 1.807) is 24.3 Å². The molecule has 0 bridgehead atoms. The lowest BCUT2D eigenvalue weighted by molar-refractivity contribution is -0.144. The highest BCUT2D eigenvalue weighted by atomic mass is 16.5. The second kappa shape index (κ2) is 8.72. The van der Waals surface area contributed by atoms with Crippen LogP contribution in [0.15, 0.2) is 24.3 Å². The monoisotopic (exact) mass is 427 g/mol. The number of para-hydroxylation sites is 1. The molecule has 2 aliphatic rings. The first kappa shape index (κ1) is 23.4. The maximum Gasteiger partial charge on any atom is 0.174 e. The average molecular weight is 428 g/mol. The molecular formula is C25H33NO5. The summed E-state index contributed by atoms with van der Waals surface area (Å²) in [5.74, 6) is -2.15. The number of aliphatic hydroxyl groups excluding tert-OH is 2. The molecule has 5 atom stereocenters. The van der Waals surface area contributed by atoms with Gasteiger partial charge in [-0.2, -0.15) is 5.26 Å². The average Bonchev–Trinajstić information content (AvgIpc) is 2.62. The van der Waals surface area contributed by atoms with E-state index in [1.165, 1.54) is 0 Å². The Kier molecular flexibility index (Phi) is 6.59. The number of rotatable bonds is 5. The van der Waals surface area contributed by atoms with Gasteiger partial charge in [-0.3, -0.25) is 9.59 Å². The van der Waals surface area contributed by atoms with E-state index in [4.69, 9.17) is 10.00 Å². The molecule has 0 heterocycles. The highest BCUT2D eigenvalue weighted by Gasteiger charge is 2.52. The van der Waals surface area contributed by atoms with Crippen molar-refractivity contribution in [3.8, 4) is 11.8 Å². The van der Waals surface area contributed by atoms with Gasteiger partial charge < -0.3 is 14.9 Å². The van der Waals surface area contributed by atoms with Crippen LogP contribution in [0.3, 0.4) is 0 Å². The third-order valence-electron chi connectivity index (χ3n) is 6.75. The number of Topliss-reactive ketones (excluding diaryl/α,β-unsaturated/α-hetero) is 2. The van der Waals surface area contributed by atoms with Crippen LogP contribution in [0.25, 0.3) is 0 Å². The largest absolute Gasteiger partial charge is 0.478 e. The topological polar surface area (TPSA) is 108 Å². The molecule has 3 rings (SSSR count). The maximum atomic E-state index is 13.3. The molecule has 6 heteroatoms. The summed E-state index contributed by atoms with van der Waals surface area (Å²) in [6.07, 6.45) is -0.391. The molecule has 2 aliphatic carbocycles. The zero-order chi connectivity index (χ0) is 23.0. The van der Waals surface area contributed by atoms with Crippen LogP contribution in [0.1, 0.15) is 64.9 Å². The molecule has 0 spiro atoms. The summed E-state index contributed by atoms with van der Waals surface area (Å²) in [5, 5.41) is 31.1. The zero-order valence-corrected chi connectivity index (χ0v) is 18.8. The number of hydrogen-bond acceptors (Lipinski definition) is 6. The Bertz CT molecular complexity index is 842. The number of hydrogen-bond donors (Lipinski definition) is 2. The maximum absolute atomic E-state index is 13.3. The number of ketones is 2. The number of nitrogens with zero attached hydrogens (tertiary/aromatic N) is 1. The van der Waals surface area contributed by atoms with Gasteiger partial charge in [-0.1, -0.05) is 45.9 Å². The molecule has 0 aromatic heterocycles. The highest BCUT2D eigenvalue weighted by Crippen LogP contribution is 2.51. The Balaban J connectivity index is 2.11. The first-order valence-corrected chi connectivity index (χ1v) is 11.0. The molecule has 1 aromatic rings. The van der Waals surface area contributed by atoms with Crippen LogP contribution in [0.5, 0.6) is 5.75 Å². The van der Waals surface area contributed by atoms with Crippen LogP contribution in [0.2, 0.25) is 0 Å². The van der Waals surface area contributed by atoms with Crippen molar-refractivity contribution in [3.05, 3.63) is 29.8 Å². The van der Waals surface area contributed by atoms with E-state index in [2.05, 4.69) is 0 Å². The van der Waals surface area contributed by atoms with Gasteiger partial charge in [-0.15, -0.1) is 0 Å². The molecular weight excluding hydrogens is 394 g/mol. The van der Waals surface area contributed by atoms with Gasteiger partial charge in [0.05, 0.1) is 24.0 Å². The van der Waals surface area contributed by atoms with Gasteiger partial charge in [0.15, 0.2) is 6.61 Å². The molecule has 0 aliphatic heterocycles. The molecule has 6 nitrogen and oxygen atoms in total. The lowest BCUT2D eigenvalue weighted by Crippen LogP contribution is -2.51. The van der Waals surface area contributed by atoms with Crippen molar-refractivity contribution in [3.63, 3.8) is 0 Å². The Hall–Kier alpha value is -2.23. The van der Waals surface area contributed by atoms with E-state index in [1.807, 2.05) is 33.8 Å². The summed E-state index contributed by atoms with van der Waals surface area (Å²) < 4.78 is 5.62. The van der Waals surface area contributed by atoms with Crippen LogP contribution in [-0.4, -0.2) is 40.6 Å². The zero-order valence-electron chi connectivity index (χ0n) is 18.8. The van der Waals surface area contributed by atoms with Crippen molar-refractivity contribution in [1.82, 2.24) is 0 Å². The molecule has 2 fully saturated rings. The number of nitriles is 1. The summed E-state index contributed by atoms with van der Waals surface area (Å²) in [4.78, 5) is 26.6. The highest BCUT2D eigenvalue weighted by molar-refractivity contribution is 5.88. The van der Waals surface area contributed by atoms with Gasteiger partial charge >= 0.3 is 0 Å². The summed E-state index contributed by atoms with van der Waals surface area (Å²) >= 11 is 0. The first-order chi connectivity index (χ1) is 14.5. The number of benzene rings is 1. The number of ether oxygens (including phenoxy) is 1. The summed E-state index contributed by atoms with van der Waals surface area (Å²) in [6.45, 7) is 7.63. The molecule has 0 amide bonds.